The monoisotopic (exact) mass is 359 g/mol. The van der Waals surface area contributed by atoms with Crippen molar-refractivity contribution in [1.82, 2.24) is 5.32 Å². The molecule has 1 aliphatic heterocycles. The lowest BCUT2D eigenvalue weighted by atomic mass is 9.96. The minimum Gasteiger partial charge on any atom is -0.492 e. The lowest BCUT2D eigenvalue weighted by Gasteiger charge is -2.24. The molecule has 0 saturated carbocycles. The van der Waals surface area contributed by atoms with E-state index in [1.165, 1.54) is 7.11 Å². The standard InChI is InChI=1S/C19H18ClNO4/c1-24-19(23)13-4-2-12(3-5-13)10-21-18(22)15-8-14-9-16(20)6-7-17(14)25-11-15/h2-7,9,15H,8,10-11H2,1H3,(H,21,22). The smallest absolute Gasteiger partial charge is 0.337 e. The van der Waals surface area contributed by atoms with E-state index in [0.717, 1.165) is 16.9 Å². The number of hydrogen-bond acceptors (Lipinski definition) is 4. The minimum atomic E-state index is -0.382. The van der Waals surface area contributed by atoms with Crippen LogP contribution in [0.1, 0.15) is 21.5 Å². The van der Waals surface area contributed by atoms with Crippen molar-refractivity contribution in [2.45, 2.75) is 13.0 Å². The first kappa shape index (κ1) is 17.3. The first-order valence-corrected chi connectivity index (χ1v) is 8.31. The molecule has 0 aliphatic carbocycles. The maximum absolute atomic E-state index is 12.4. The van der Waals surface area contributed by atoms with Crippen molar-refractivity contribution in [3.8, 4) is 5.75 Å². The van der Waals surface area contributed by atoms with Crippen molar-refractivity contribution in [1.29, 1.82) is 0 Å². The number of amides is 1. The van der Waals surface area contributed by atoms with Crippen LogP contribution in [0.15, 0.2) is 42.5 Å². The van der Waals surface area contributed by atoms with Crippen LogP contribution in [0, 0.1) is 5.92 Å². The van der Waals surface area contributed by atoms with Gasteiger partial charge in [0.05, 0.1) is 18.6 Å². The van der Waals surface area contributed by atoms with Gasteiger partial charge < -0.3 is 14.8 Å². The SMILES string of the molecule is COC(=O)c1ccc(CNC(=O)C2COc3ccc(Cl)cc3C2)cc1. The summed E-state index contributed by atoms with van der Waals surface area (Å²) in [4.78, 5) is 23.8. The summed E-state index contributed by atoms with van der Waals surface area (Å²) in [6.45, 7) is 0.737. The van der Waals surface area contributed by atoms with Gasteiger partial charge in [0.25, 0.3) is 0 Å². The number of esters is 1. The fraction of sp³-hybridized carbons (Fsp3) is 0.263. The van der Waals surface area contributed by atoms with Crippen molar-refractivity contribution >= 4 is 23.5 Å². The molecule has 5 nitrogen and oxygen atoms in total. The Labute approximate surface area is 150 Å². The average Bonchev–Trinajstić information content (AvgIpc) is 2.65. The normalized spacial score (nSPS) is 15.7. The van der Waals surface area contributed by atoms with Gasteiger partial charge in [-0.25, -0.2) is 4.79 Å². The van der Waals surface area contributed by atoms with Crippen molar-refractivity contribution in [2.75, 3.05) is 13.7 Å². The molecule has 0 radical (unpaired) electrons. The van der Waals surface area contributed by atoms with Crippen LogP contribution in [0.25, 0.3) is 0 Å². The predicted molar refractivity (Wildman–Crippen MR) is 93.8 cm³/mol. The third kappa shape index (κ3) is 4.12. The molecule has 1 amide bonds. The second kappa shape index (κ2) is 7.57. The summed E-state index contributed by atoms with van der Waals surface area (Å²) in [7, 11) is 1.34. The summed E-state index contributed by atoms with van der Waals surface area (Å²) >= 11 is 6.00. The highest BCUT2D eigenvalue weighted by molar-refractivity contribution is 6.30. The van der Waals surface area contributed by atoms with Crippen LogP contribution >= 0.6 is 11.6 Å². The Balaban J connectivity index is 1.57. The Hall–Kier alpha value is -2.53. The third-order valence-electron chi connectivity index (χ3n) is 4.14. The highest BCUT2D eigenvalue weighted by atomic mass is 35.5. The second-order valence-electron chi connectivity index (χ2n) is 5.87. The van der Waals surface area contributed by atoms with Crippen LogP contribution in [-0.4, -0.2) is 25.6 Å². The Kier molecular flexibility index (Phi) is 5.24. The molecule has 0 bridgehead atoms. The van der Waals surface area contributed by atoms with E-state index in [0.29, 0.717) is 30.2 Å². The number of rotatable bonds is 4. The van der Waals surface area contributed by atoms with E-state index in [9.17, 15) is 9.59 Å². The lowest BCUT2D eigenvalue weighted by Crippen LogP contribution is -2.37. The molecule has 0 fully saturated rings. The molecule has 6 heteroatoms. The van der Waals surface area contributed by atoms with E-state index >= 15 is 0 Å². The molecule has 25 heavy (non-hydrogen) atoms. The molecule has 2 aromatic carbocycles. The summed E-state index contributed by atoms with van der Waals surface area (Å²) < 4.78 is 10.3. The number of hydrogen-bond donors (Lipinski definition) is 1. The molecule has 1 unspecified atom stereocenters. The molecule has 1 heterocycles. The van der Waals surface area contributed by atoms with Crippen molar-refractivity contribution in [3.63, 3.8) is 0 Å². The van der Waals surface area contributed by atoms with Gasteiger partial charge in [-0.3, -0.25) is 4.79 Å². The summed E-state index contributed by atoms with van der Waals surface area (Å²) in [5.41, 5.74) is 2.33. The molecule has 0 saturated heterocycles. The molecular weight excluding hydrogens is 342 g/mol. The van der Waals surface area contributed by atoms with E-state index in [-0.39, 0.29) is 17.8 Å². The Morgan fingerprint density at radius 1 is 1.24 bits per heavy atom. The predicted octanol–water partition coefficient (Wildman–Crippen LogP) is 2.99. The zero-order valence-electron chi connectivity index (χ0n) is 13.8. The van der Waals surface area contributed by atoms with Crippen molar-refractivity contribution < 1.29 is 19.1 Å². The number of benzene rings is 2. The Bertz CT molecular complexity index is 789. The van der Waals surface area contributed by atoms with Crippen molar-refractivity contribution in [2.24, 2.45) is 5.92 Å². The van der Waals surface area contributed by atoms with E-state index in [1.807, 2.05) is 12.1 Å². The first-order chi connectivity index (χ1) is 12.1. The summed E-state index contributed by atoms with van der Waals surface area (Å²) in [6.07, 6.45) is 0.600. The van der Waals surface area contributed by atoms with Crippen LogP contribution in [0.5, 0.6) is 5.75 Å². The van der Waals surface area contributed by atoms with Gasteiger partial charge in [-0.2, -0.15) is 0 Å². The number of halogens is 1. The number of fused-ring (bicyclic) bond motifs is 1. The van der Waals surface area contributed by atoms with Gasteiger partial charge in [0, 0.05) is 11.6 Å². The molecule has 3 rings (SSSR count). The first-order valence-electron chi connectivity index (χ1n) is 7.93. The summed E-state index contributed by atoms with van der Waals surface area (Å²) in [6, 6.07) is 12.4. The number of nitrogens with one attached hydrogen (secondary N) is 1. The molecular formula is C19H18ClNO4. The Morgan fingerprint density at radius 2 is 2.00 bits per heavy atom. The average molecular weight is 360 g/mol. The van der Waals surface area contributed by atoms with Gasteiger partial charge in [-0.05, 0) is 47.9 Å². The summed E-state index contributed by atoms with van der Waals surface area (Å²) in [5, 5.41) is 3.54. The number of ether oxygens (including phenoxy) is 2. The Morgan fingerprint density at radius 3 is 2.72 bits per heavy atom. The van der Waals surface area contributed by atoms with Gasteiger partial charge in [0.15, 0.2) is 0 Å². The van der Waals surface area contributed by atoms with E-state index in [1.54, 1.807) is 30.3 Å². The van der Waals surface area contributed by atoms with Crippen molar-refractivity contribution in [3.05, 3.63) is 64.2 Å². The fourth-order valence-electron chi connectivity index (χ4n) is 2.74. The minimum absolute atomic E-state index is 0.0670. The van der Waals surface area contributed by atoms with Crippen LogP contribution in [0.4, 0.5) is 0 Å². The largest absolute Gasteiger partial charge is 0.492 e. The second-order valence-corrected chi connectivity index (χ2v) is 6.31. The van der Waals surface area contributed by atoms with Crippen LogP contribution in [0.3, 0.4) is 0 Å². The molecule has 130 valence electrons. The zero-order valence-corrected chi connectivity index (χ0v) is 14.5. The van der Waals surface area contributed by atoms with Crippen LogP contribution < -0.4 is 10.1 Å². The number of carbonyl (C=O) groups excluding carboxylic acids is 2. The molecule has 0 aromatic heterocycles. The molecule has 1 atom stereocenters. The lowest BCUT2D eigenvalue weighted by molar-refractivity contribution is -0.126. The highest BCUT2D eigenvalue weighted by Crippen LogP contribution is 2.29. The van der Waals surface area contributed by atoms with Gasteiger partial charge in [-0.1, -0.05) is 23.7 Å². The van der Waals surface area contributed by atoms with Gasteiger partial charge in [0.1, 0.15) is 12.4 Å². The highest BCUT2D eigenvalue weighted by Gasteiger charge is 2.26. The van der Waals surface area contributed by atoms with Gasteiger partial charge in [-0.15, -0.1) is 0 Å². The quantitative estimate of drug-likeness (QED) is 0.852. The van der Waals surface area contributed by atoms with E-state index in [4.69, 9.17) is 16.3 Å². The van der Waals surface area contributed by atoms with Gasteiger partial charge in [0.2, 0.25) is 5.91 Å². The maximum atomic E-state index is 12.4. The fourth-order valence-corrected chi connectivity index (χ4v) is 2.94. The molecule has 0 spiro atoms. The third-order valence-corrected chi connectivity index (χ3v) is 4.38. The van der Waals surface area contributed by atoms with Crippen LogP contribution in [0.2, 0.25) is 5.02 Å². The van der Waals surface area contributed by atoms with Crippen LogP contribution in [-0.2, 0) is 22.5 Å². The number of methoxy groups -OCH3 is 1. The number of carbonyl (C=O) groups is 2. The maximum Gasteiger partial charge on any atom is 0.337 e. The summed E-state index contributed by atoms with van der Waals surface area (Å²) in [5.74, 6) is 0.0853. The molecule has 1 N–H and O–H groups in total. The zero-order chi connectivity index (χ0) is 17.8. The van der Waals surface area contributed by atoms with Gasteiger partial charge >= 0.3 is 5.97 Å². The molecule has 1 aliphatic rings. The van der Waals surface area contributed by atoms with E-state index < -0.39 is 0 Å². The molecule has 2 aromatic rings. The topological polar surface area (TPSA) is 64.6 Å². The van der Waals surface area contributed by atoms with E-state index in [2.05, 4.69) is 10.1 Å².